The molecule has 0 amide bonds. The molecule has 0 radical (unpaired) electrons. The first-order valence-electron chi connectivity index (χ1n) is 6.69. The molecule has 1 aromatic carbocycles. The van der Waals surface area contributed by atoms with E-state index in [-0.39, 0.29) is 23.9 Å². The van der Waals surface area contributed by atoms with Gasteiger partial charge in [-0.2, -0.15) is 0 Å². The van der Waals surface area contributed by atoms with Crippen LogP contribution in [0.4, 0.5) is 0 Å². The molecule has 4 nitrogen and oxygen atoms in total. The Morgan fingerprint density at radius 2 is 1.84 bits per heavy atom. The van der Waals surface area contributed by atoms with Crippen molar-refractivity contribution in [3.05, 3.63) is 23.8 Å². The van der Waals surface area contributed by atoms with Gasteiger partial charge in [0, 0.05) is 17.9 Å². The maximum Gasteiger partial charge on any atom is 0.170 e. The van der Waals surface area contributed by atoms with Gasteiger partial charge in [0.2, 0.25) is 0 Å². The van der Waals surface area contributed by atoms with Crippen molar-refractivity contribution < 1.29 is 19.1 Å². The number of ether oxygens (including phenoxy) is 2. The maximum absolute atomic E-state index is 12.0. The molecule has 1 fully saturated rings. The molecule has 1 aliphatic carbocycles. The molecule has 1 aliphatic heterocycles. The number of Topliss-reactive ketones (excluding diaryl/α,β-unsaturated/α-hetero) is 2. The number of benzene rings is 1. The van der Waals surface area contributed by atoms with Crippen LogP contribution in [0.2, 0.25) is 0 Å². The second kappa shape index (κ2) is 5.03. The Bertz CT molecular complexity index is 517. The van der Waals surface area contributed by atoms with Crippen LogP contribution in [0.5, 0.6) is 11.5 Å². The van der Waals surface area contributed by atoms with Crippen LogP contribution in [0.15, 0.2) is 18.2 Å². The standard InChI is InChI=1S/C15H16O4/c16-12(10-2-3-10)9-13(17)11-4-5-14-15(8-11)19-7-1-6-18-14/h4-5,8,10H,1-3,6-7,9H2. The van der Waals surface area contributed by atoms with Crippen molar-refractivity contribution in [1.29, 1.82) is 0 Å². The maximum atomic E-state index is 12.0. The predicted octanol–water partition coefficient (Wildman–Crippen LogP) is 2.40. The minimum Gasteiger partial charge on any atom is -0.490 e. The fourth-order valence-corrected chi connectivity index (χ4v) is 2.15. The quantitative estimate of drug-likeness (QED) is 0.616. The Kier molecular flexibility index (Phi) is 3.23. The van der Waals surface area contributed by atoms with Gasteiger partial charge in [-0.1, -0.05) is 0 Å². The average molecular weight is 260 g/mol. The summed E-state index contributed by atoms with van der Waals surface area (Å²) in [6.45, 7) is 1.21. The number of hydrogen-bond acceptors (Lipinski definition) is 4. The van der Waals surface area contributed by atoms with Crippen LogP contribution in [0.3, 0.4) is 0 Å². The Hall–Kier alpha value is -1.84. The lowest BCUT2D eigenvalue weighted by Crippen LogP contribution is -2.09. The summed E-state index contributed by atoms with van der Waals surface area (Å²) in [6, 6.07) is 5.13. The zero-order valence-electron chi connectivity index (χ0n) is 10.7. The fraction of sp³-hybridized carbons (Fsp3) is 0.467. The van der Waals surface area contributed by atoms with Gasteiger partial charge in [0.25, 0.3) is 0 Å². The number of hydrogen-bond donors (Lipinski definition) is 0. The van der Waals surface area contributed by atoms with Crippen LogP contribution in [0.25, 0.3) is 0 Å². The summed E-state index contributed by atoms with van der Waals surface area (Å²) >= 11 is 0. The van der Waals surface area contributed by atoms with E-state index in [4.69, 9.17) is 9.47 Å². The zero-order chi connectivity index (χ0) is 13.2. The monoisotopic (exact) mass is 260 g/mol. The van der Waals surface area contributed by atoms with E-state index >= 15 is 0 Å². The summed E-state index contributed by atoms with van der Waals surface area (Å²) in [5.41, 5.74) is 0.526. The summed E-state index contributed by atoms with van der Waals surface area (Å²) in [6.07, 6.45) is 2.71. The second-order valence-corrected chi connectivity index (χ2v) is 5.05. The van der Waals surface area contributed by atoms with Gasteiger partial charge in [-0.15, -0.1) is 0 Å². The van der Waals surface area contributed by atoms with Crippen molar-refractivity contribution in [1.82, 2.24) is 0 Å². The van der Waals surface area contributed by atoms with Gasteiger partial charge in [-0.05, 0) is 31.0 Å². The molecule has 19 heavy (non-hydrogen) atoms. The molecule has 100 valence electrons. The molecule has 0 aromatic heterocycles. The van der Waals surface area contributed by atoms with E-state index in [1.807, 2.05) is 0 Å². The number of rotatable bonds is 4. The molecule has 1 heterocycles. The van der Waals surface area contributed by atoms with Crippen molar-refractivity contribution >= 4 is 11.6 Å². The third-order valence-electron chi connectivity index (χ3n) is 3.44. The van der Waals surface area contributed by atoms with E-state index < -0.39 is 0 Å². The summed E-state index contributed by atoms with van der Waals surface area (Å²) in [5, 5.41) is 0. The summed E-state index contributed by atoms with van der Waals surface area (Å²) < 4.78 is 11.1. The molecule has 2 aliphatic rings. The molecule has 0 atom stereocenters. The highest BCUT2D eigenvalue weighted by atomic mass is 16.5. The fourth-order valence-electron chi connectivity index (χ4n) is 2.15. The number of carbonyl (C=O) groups is 2. The van der Waals surface area contributed by atoms with E-state index in [1.54, 1.807) is 18.2 Å². The third-order valence-corrected chi connectivity index (χ3v) is 3.44. The van der Waals surface area contributed by atoms with Crippen LogP contribution in [0.1, 0.15) is 36.0 Å². The smallest absolute Gasteiger partial charge is 0.170 e. The lowest BCUT2D eigenvalue weighted by atomic mass is 10.0. The van der Waals surface area contributed by atoms with Gasteiger partial charge in [0.05, 0.1) is 19.6 Å². The second-order valence-electron chi connectivity index (χ2n) is 5.05. The first-order chi connectivity index (χ1) is 9.24. The van der Waals surface area contributed by atoms with E-state index in [2.05, 4.69) is 0 Å². The SMILES string of the molecule is O=C(CC(=O)C1CC1)c1ccc2c(c1)OCCCO2. The van der Waals surface area contributed by atoms with Gasteiger partial charge in [0.1, 0.15) is 5.78 Å². The van der Waals surface area contributed by atoms with E-state index in [0.29, 0.717) is 30.3 Å². The normalized spacial score (nSPS) is 17.7. The van der Waals surface area contributed by atoms with Gasteiger partial charge in [-0.25, -0.2) is 0 Å². The summed E-state index contributed by atoms with van der Waals surface area (Å²) in [5.74, 6) is 1.33. The summed E-state index contributed by atoms with van der Waals surface area (Å²) in [7, 11) is 0. The molecule has 3 rings (SSSR count). The first kappa shape index (κ1) is 12.2. The Labute approximate surface area is 111 Å². The van der Waals surface area contributed by atoms with Crippen molar-refractivity contribution in [3.8, 4) is 11.5 Å². The van der Waals surface area contributed by atoms with Crippen molar-refractivity contribution in [2.24, 2.45) is 5.92 Å². The Morgan fingerprint density at radius 3 is 2.58 bits per heavy atom. The van der Waals surface area contributed by atoms with Gasteiger partial charge in [-0.3, -0.25) is 9.59 Å². The number of carbonyl (C=O) groups excluding carboxylic acids is 2. The lowest BCUT2D eigenvalue weighted by molar-refractivity contribution is -0.119. The van der Waals surface area contributed by atoms with Gasteiger partial charge < -0.3 is 9.47 Å². The predicted molar refractivity (Wildman–Crippen MR) is 68.7 cm³/mol. The minimum atomic E-state index is -0.132. The molecular formula is C15H16O4. The molecule has 0 unspecified atom stereocenters. The lowest BCUT2D eigenvalue weighted by Gasteiger charge is -2.08. The van der Waals surface area contributed by atoms with Crippen LogP contribution in [0, 0.1) is 5.92 Å². The van der Waals surface area contributed by atoms with E-state index in [1.165, 1.54) is 0 Å². The molecule has 4 heteroatoms. The highest BCUT2D eigenvalue weighted by molar-refractivity contribution is 6.09. The summed E-state index contributed by atoms with van der Waals surface area (Å²) in [4.78, 5) is 23.7. The van der Waals surface area contributed by atoms with Crippen LogP contribution in [-0.4, -0.2) is 24.8 Å². The zero-order valence-corrected chi connectivity index (χ0v) is 10.7. The highest BCUT2D eigenvalue weighted by Gasteiger charge is 2.30. The van der Waals surface area contributed by atoms with Crippen molar-refractivity contribution in [3.63, 3.8) is 0 Å². The van der Waals surface area contributed by atoms with E-state index in [0.717, 1.165) is 19.3 Å². The number of fused-ring (bicyclic) bond motifs is 1. The molecule has 0 bridgehead atoms. The van der Waals surface area contributed by atoms with Gasteiger partial charge in [0.15, 0.2) is 17.3 Å². The molecular weight excluding hydrogens is 244 g/mol. The molecule has 0 spiro atoms. The van der Waals surface area contributed by atoms with Gasteiger partial charge >= 0.3 is 0 Å². The van der Waals surface area contributed by atoms with E-state index in [9.17, 15) is 9.59 Å². The minimum absolute atomic E-state index is 0.00428. The third kappa shape index (κ3) is 2.78. The van der Waals surface area contributed by atoms with Crippen LogP contribution >= 0.6 is 0 Å². The Balaban J connectivity index is 1.75. The number of ketones is 2. The molecule has 0 N–H and O–H groups in total. The first-order valence-corrected chi connectivity index (χ1v) is 6.69. The Morgan fingerprint density at radius 1 is 1.11 bits per heavy atom. The van der Waals surface area contributed by atoms with Crippen LogP contribution in [-0.2, 0) is 4.79 Å². The molecule has 0 saturated heterocycles. The topological polar surface area (TPSA) is 52.6 Å². The van der Waals surface area contributed by atoms with Crippen molar-refractivity contribution in [2.45, 2.75) is 25.7 Å². The van der Waals surface area contributed by atoms with Crippen molar-refractivity contribution in [2.75, 3.05) is 13.2 Å². The highest BCUT2D eigenvalue weighted by Crippen LogP contribution is 2.33. The average Bonchev–Trinajstić information content (AvgIpc) is 3.24. The molecule has 1 aromatic rings. The molecule has 1 saturated carbocycles. The largest absolute Gasteiger partial charge is 0.490 e. The van der Waals surface area contributed by atoms with Crippen LogP contribution < -0.4 is 9.47 Å².